The van der Waals surface area contributed by atoms with Gasteiger partial charge in [0.1, 0.15) is 11.9 Å². The summed E-state index contributed by atoms with van der Waals surface area (Å²) in [4.78, 5) is 22.4. The Morgan fingerprint density at radius 1 is 0.711 bits per heavy atom. The van der Waals surface area contributed by atoms with Gasteiger partial charge in [0.25, 0.3) is 0 Å². The molecule has 3 aliphatic rings. The molecule has 0 atom stereocenters. The molecule has 0 saturated heterocycles. The van der Waals surface area contributed by atoms with Crippen molar-refractivity contribution < 1.29 is 19.1 Å². The predicted molar refractivity (Wildman–Crippen MR) is 187 cm³/mol. The minimum atomic E-state index is -0.434. The quantitative estimate of drug-likeness (QED) is 0.160. The Morgan fingerprint density at radius 2 is 1.22 bits per heavy atom. The summed E-state index contributed by atoms with van der Waals surface area (Å²) in [6.07, 6.45) is 21.0. The maximum atomic E-state index is 11.2. The summed E-state index contributed by atoms with van der Waals surface area (Å²) in [6, 6.07) is 16.6. The summed E-state index contributed by atoms with van der Waals surface area (Å²) in [5, 5.41) is 0. The van der Waals surface area contributed by atoms with Gasteiger partial charge >= 0.3 is 11.9 Å². The standard InChI is InChI=1S/C24H28O2.C16H26O2.CH4/c1-3-5-18-6-8-19(9-7-18)20-10-12-21(13-11-20)22-14-16-23(17-15-22)26-24(25)4-2;1-3-16(17)18-15-10-8-14(9-11-15)13-6-4-12(2)5-7-13;/h4,10-19H,2-3,5-9H2,1H3;3,12-15H,1,4-11H2,2H3;1H4. The van der Waals surface area contributed by atoms with Gasteiger partial charge in [0.15, 0.2) is 0 Å². The molecule has 4 nitrogen and oxygen atoms in total. The zero-order valence-corrected chi connectivity index (χ0v) is 27.2. The van der Waals surface area contributed by atoms with Crippen molar-refractivity contribution in [1.29, 1.82) is 0 Å². The third kappa shape index (κ3) is 11.3. The molecule has 5 rings (SSSR count). The van der Waals surface area contributed by atoms with E-state index >= 15 is 0 Å². The molecule has 0 N–H and O–H groups in total. The summed E-state index contributed by atoms with van der Waals surface area (Å²) < 4.78 is 10.5. The van der Waals surface area contributed by atoms with Crippen LogP contribution in [-0.2, 0) is 14.3 Å². The lowest BCUT2D eigenvalue weighted by Gasteiger charge is -2.36. The van der Waals surface area contributed by atoms with Crippen LogP contribution in [0, 0.1) is 23.7 Å². The summed E-state index contributed by atoms with van der Waals surface area (Å²) in [6.45, 7) is 11.5. The van der Waals surface area contributed by atoms with Gasteiger partial charge in [0.05, 0.1) is 0 Å². The Morgan fingerprint density at radius 3 is 1.73 bits per heavy atom. The second-order valence-electron chi connectivity index (χ2n) is 13.5. The minimum Gasteiger partial charge on any atom is -0.459 e. The zero-order valence-electron chi connectivity index (χ0n) is 27.2. The van der Waals surface area contributed by atoms with Crippen molar-refractivity contribution >= 4 is 11.9 Å². The van der Waals surface area contributed by atoms with E-state index in [1.807, 2.05) is 24.3 Å². The lowest BCUT2D eigenvalue weighted by molar-refractivity contribution is -0.145. The Balaban J connectivity index is 0.000000256. The van der Waals surface area contributed by atoms with Crippen LogP contribution in [0.1, 0.15) is 123 Å². The van der Waals surface area contributed by atoms with Crippen LogP contribution in [-0.4, -0.2) is 18.0 Å². The highest BCUT2D eigenvalue weighted by Gasteiger charge is 2.31. The third-order valence-electron chi connectivity index (χ3n) is 10.4. The molecule has 3 aliphatic carbocycles. The topological polar surface area (TPSA) is 52.6 Å². The van der Waals surface area contributed by atoms with Crippen LogP contribution in [0.5, 0.6) is 5.75 Å². The van der Waals surface area contributed by atoms with E-state index in [-0.39, 0.29) is 19.5 Å². The van der Waals surface area contributed by atoms with Crippen molar-refractivity contribution in [2.75, 3.05) is 0 Å². The first-order valence-electron chi connectivity index (χ1n) is 17.3. The number of benzene rings is 2. The Hall–Kier alpha value is -3.14. The highest BCUT2D eigenvalue weighted by Crippen LogP contribution is 2.41. The van der Waals surface area contributed by atoms with Crippen molar-refractivity contribution in [2.24, 2.45) is 23.7 Å². The lowest BCUT2D eigenvalue weighted by Crippen LogP contribution is -2.29. The minimum absolute atomic E-state index is 0. The fraction of sp³-hybridized carbons (Fsp3) is 0.561. The van der Waals surface area contributed by atoms with Crippen LogP contribution < -0.4 is 4.74 Å². The lowest BCUT2D eigenvalue weighted by atomic mass is 9.71. The van der Waals surface area contributed by atoms with Gasteiger partial charge in [-0.25, -0.2) is 9.59 Å². The molecule has 4 heteroatoms. The van der Waals surface area contributed by atoms with Crippen molar-refractivity contribution in [3.8, 4) is 16.9 Å². The van der Waals surface area contributed by atoms with Gasteiger partial charge in [-0.3, -0.25) is 0 Å². The molecule has 2 aromatic carbocycles. The zero-order chi connectivity index (χ0) is 31.3. The van der Waals surface area contributed by atoms with Gasteiger partial charge in [0, 0.05) is 12.2 Å². The average molecular weight is 615 g/mol. The number of carbonyl (C=O) groups is 2. The Bertz CT molecular complexity index is 1170. The second kappa shape index (κ2) is 18.7. The van der Waals surface area contributed by atoms with Gasteiger partial charge in [0.2, 0.25) is 0 Å². The number of ether oxygens (including phenoxy) is 2. The molecule has 0 amide bonds. The molecule has 3 fully saturated rings. The van der Waals surface area contributed by atoms with E-state index < -0.39 is 5.97 Å². The van der Waals surface area contributed by atoms with Crippen LogP contribution >= 0.6 is 0 Å². The first-order valence-corrected chi connectivity index (χ1v) is 17.3. The van der Waals surface area contributed by atoms with E-state index in [1.165, 1.54) is 100 Å². The van der Waals surface area contributed by atoms with Crippen LogP contribution in [0.3, 0.4) is 0 Å². The first kappa shape index (κ1) is 36.3. The normalized spacial score (nSPS) is 26.2. The number of carbonyl (C=O) groups excluding carboxylic acids is 2. The van der Waals surface area contributed by atoms with Gasteiger partial charge in [-0.05, 0) is 123 Å². The molecule has 0 heterocycles. The van der Waals surface area contributed by atoms with Gasteiger partial charge in [-0.15, -0.1) is 0 Å². The average Bonchev–Trinajstić information content (AvgIpc) is 3.07. The van der Waals surface area contributed by atoms with Crippen LogP contribution in [0.15, 0.2) is 73.8 Å². The Labute approximate surface area is 273 Å². The molecule has 0 aromatic heterocycles. The second-order valence-corrected chi connectivity index (χ2v) is 13.5. The fourth-order valence-electron chi connectivity index (χ4n) is 7.66. The van der Waals surface area contributed by atoms with Gasteiger partial charge in [-0.1, -0.05) is 96.5 Å². The van der Waals surface area contributed by atoms with E-state index in [0.29, 0.717) is 5.75 Å². The SMILES string of the molecule is C.C=CC(=O)OC1CCC(C2CCC(C)CC2)CC1.C=CC(=O)Oc1ccc(-c2ccc(C3CCC(CCC)CC3)cc2)cc1. The highest BCUT2D eigenvalue weighted by molar-refractivity contribution is 5.83. The number of esters is 2. The molecule has 246 valence electrons. The van der Waals surface area contributed by atoms with Crippen LogP contribution in [0.4, 0.5) is 0 Å². The number of hydrogen-bond acceptors (Lipinski definition) is 4. The summed E-state index contributed by atoms with van der Waals surface area (Å²) >= 11 is 0. The molecule has 3 saturated carbocycles. The highest BCUT2D eigenvalue weighted by atomic mass is 16.5. The predicted octanol–water partition coefficient (Wildman–Crippen LogP) is 11.3. The summed E-state index contributed by atoms with van der Waals surface area (Å²) in [5.41, 5.74) is 3.79. The fourth-order valence-corrected chi connectivity index (χ4v) is 7.66. The number of rotatable bonds is 9. The molecule has 0 bridgehead atoms. The maximum absolute atomic E-state index is 11.2. The van der Waals surface area contributed by atoms with E-state index in [4.69, 9.17) is 9.47 Å². The van der Waals surface area contributed by atoms with E-state index in [2.05, 4.69) is 51.3 Å². The molecular formula is C41H58O4. The van der Waals surface area contributed by atoms with Crippen LogP contribution in [0.2, 0.25) is 0 Å². The maximum Gasteiger partial charge on any atom is 0.335 e. The van der Waals surface area contributed by atoms with Crippen LogP contribution in [0.25, 0.3) is 11.1 Å². The molecular weight excluding hydrogens is 556 g/mol. The summed E-state index contributed by atoms with van der Waals surface area (Å²) in [5.74, 6) is 4.28. The smallest absolute Gasteiger partial charge is 0.335 e. The van der Waals surface area contributed by atoms with E-state index in [0.717, 1.165) is 48.0 Å². The van der Waals surface area contributed by atoms with Gasteiger partial charge < -0.3 is 9.47 Å². The Kier molecular flexibility index (Phi) is 15.1. The van der Waals surface area contributed by atoms with Crippen molar-refractivity contribution in [2.45, 2.75) is 123 Å². The van der Waals surface area contributed by atoms with Crippen molar-refractivity contribution in [1.82, 2.24) is 0 Å². The third-order valence-corrected chi connectivity index (χ3v) is 10.4. The monoisotopic (exact) mass is 614 g/mol. The molecule has 45 heavy (non-hydrogen) atoms. The summed E-state index contributed by atoms with van der Waals surface area (Å²) in [7, 11) is 0. The largest absolute Gasteiger partial charge is 0.459 e. The van der Waals surface area contributed by atoms with Gasteiger partial charge in [-0.2, -0.15) is 0 Å². The molecule has 0 aliphatic heterocycles. The van der Waals surface area contributed by atoms with Crippen molar-refractivity contribution in [3.63, 3.8) is 0 Å². The number of hydrogen-bond donors (Lipinski definition) is 0. The first-order chi connectivity index (χ1) is 21.4. The molecule has 2 aromatic rings. The molecule has 0 radical (unpaired) electrons. The molecule has 0 spiro atoms. The van der Waals surface area contributed by atoms with Crippen molar-refractivity contribution in [3.05, 3.63) is 79.4 Å². The van der Waals surface area contributed by atoms with E-state index in [9.17, 15) is 9.59 Å². The molecule has 0 unspecified atom stereocenters. The van der Waals surface area contributed by atoms with E-state index in [1.54, 1.807) is 0 Å².